The number of unbranched alkanes of at least 4 members (excludes halogenated alkanes) is 2. The van der Waals surface area contributed by atoms with E-state index in [-0.39, 0.29) is 11.8 Å². The number of nitrogens with one attached hydrogen (secondary N) is 2. The molecule has 0 unspecified atom stereocenters. The zero-order valence-electron chi connectivity index (χ0n) is 14.9. The Balaban J connectivity index is 1.33. The molecule has 0 bridgehead atoms. The van der Waals surface area contributed by atoms with Gasteiger partial charge in [-0.3, -0.25) is 9.59 Å². The van der Waals surface area contributed by atoms with Gasteiger partial charge in [0, 0.05) is 12.8 Å². The van der Waals surface area contributed by atoms with Crippen molar-refractivity contribution in [2.75, 3.05) is 16.4 Å². The van der Waals surface area contributed by atoms with Gasteiger partial charge in [-0.25, -0.2) is 4.98 Å². The summed E-state index contributed by atoms with van der Waals surface area (Å²) in [5, 5.41) is 6.28. The van der Waals surface area contributed by atoms with Crippen molar-refractivity contribution in [1.29, 1.82) is 0 Å². The Morgan fingerprint density at radius 1 is 0.889 bits per heavy atom. The van der Waals surface area contributed by atoms with Crippen molar-refractivity contribution >= 4 is 49.9 Å². The largest absolute Gasteiger partial charge is 0.397 e. The van der Waals surface area contributed by atoms with E-state index in [4.69, 9.17) is 5.73 Å². The number of anilines is 3. The molecular formula is C20H22N4O2S. The van der Waals surface area contributed by atoms with Gasteiger partial charge >= 0.3 is 0 Å². The molecule has 0 aliphatic heterocycles. The lowest BCUT2D eigenvalue weighted by molar-refractivity contribution is -0.116. The van der Waals surface area contributed by atoms with E-state index < -0.39 is 0 Å². The van der Waals surface area contributed by atoms with Gasteiger partial charge in [0.15, 0.2) is 5.13 Å². The fourth-order valence-corrected chi connectivity index (χ4v) is 3.56. The second-order valence-corrected chi connectivity index (χ2v) is 7.26. The predicted molar refractivity (Wildman–Crippen MR) is 111 cm³/mol. The Hall–Kier alpha value is -2.93. The minimum absolute atomic E-state index is 0.0458. The third-order valence-corrected chi connectivity index (χ3v) is 5.03. The summed E-state index contributed by atoms with van der Waals surface area (Å²) in [6.07, 6.45) is 3.10. The molecule has 0 saturated carbocycles. The van der Waals surface area contributed by atoms with Crippen LogP contribution in [0.5, 0.6) is 0 Å². The normalized spacial score (nSPS) is 10.7. The first-order valence-electron chi connectivity index (χ1n) is 8.91. The summed E-state index contributed by atoms with van der Waals surface area (Å²) < 4.78 is 1.05. The number of carbonyl (C=O) groups is 2. The van der Waals surface area contributed by atoms with Gasteiger partial charge in [-0.1, -0.05) is 42.0 Å². The zero-order chi connectivity index (χ0) is 19.1. The summed E-state index contributed by atoms with van der Waals surface area (Å²) in [4.78, 5) is 28.4. The molecule has 1 heterocycles. The Bertz CT molecular complexity index is 905. The number of carbonyl (C=O) groups excluding carboxylic acids is 2. The van der Waals surface area contributed by atoms with E-state index in [1.165, 1.54) is 11.3 Å². The smallest absolute Gasteiger partial charge is 0.226 e. The van der Waals surface area contributed by atoms with Gasteiger partial charge in [0.05, 0.1) is 21.6 Å². The number of rotatable bonds is 8. The van der Waals surface area contributed by atoms with Crippen LogP contribution in [0.2, 0.25) is 0 Å². The molecule has 4 N–H and O–H groups in total. The first-order chi connectivity index (χ1) is 13.1. The third kappa shape index (κ3) is 5.52. The number of benzene rings is 2. The van der Waals surface area contributed by atoms with E-state index in [1.54, 1.807) is 12.1 Å². The molecule has 6 nitrogen and oxygen atoms in total. The molecule has 0 aliphatic rings. The minimum Gasteiger partial charge on any atom is -0.397 e. The Labute approximate surface area is 161 Å². The summed E-state index contributed by atoms with van der Waals surface area (Å²) in [6, 6.07) is 15.0. The van der Waals surface area contributed by atoms with E-state index >= 15 is 0 Å². The second kappa shape index (κ2) is 9.14. The van der Waals surface area contributed by atoms with Crippen LogP contribution in [0.15, 0.2) is 48.5 Å². The molecule has 0 fully saturated rings. The third-order valence-electron chi connectivity index (χ3n) is 4.08. The van der Waals surface area contributed by atoms with E-state index in [9.17, 15) is 9.59 Å². The first-order valence-corrected chi connectivity index (χ1v) is 9.73. The predicted octanol–water partition coefficient (Wildman–Crippen LogP) is 4.41. The van der Waals surface area contributed by atoms with Gasteiger partial charge in [0.25, 0.3) is 0 Å². The standard InChI is InChI=1S/C20H22N4O2S/c21-14-8-4-5-9-15(14)22-18(25)12-2-1-3-13-19(26)24-20-23-16-10-6-7-11-17(16)27-20/h4-11H,1-3,12-13,21H2,(H,22,25)(H,23,24,26). The van der Waals surface area contributed by atoms with Crippen molar-refractivity contribution in [1.82, 2.24) is 4.98 Å². The van der Waals surface area contributed by atoms with Gasteiger partial charge in [-0.2, -0.15) is 0 Å². The van der Waals surface area contributed by atoms with Crippen molar-refractivity contribution in [3.63, 3.8) is 0 Å². The summed E-state index contributed by atoms with van der Waals surface area (Å²) >= 11 is 1.47. The lowest BCUT2D eigenvalue weighted by Gasteiger charge is -2.07. The summed E-state index contributed by atoms with van der Waals surface area (Å²) in [5.74, 6) is -0.109. The van der Waals surface area contributed by atoms with Gasteiger partial charge < -0.3 is 16.4 Å². The maximum atomic E-state index is 12.0. The van der Waals surface area contributed by atoms with E-state index in [0.717, 1.165) is 29.5 Å². The summed E-state index contributed by atoms with van der Waals surface area (Å²) in [6.45, 7) is 0. The molecule has 0 spiro atoms. The summed E-state index contributed by atoms with van der Waals surface area (Å²) in [5.41, 5.74) is 7.88. The van der Waals surface area contributed by atoms with Gasteiger partial charge in [0.1, 0.15) is 0 Å². The summed E-state index contributed by atoms with van der Waals surface area (Å²) in [7, 11) is 0. The molecule has 7 heteroatoms. The zero-order valence-corrected chi connectivity index (χ0v) is 15.7. The Morgan fingerprint density at radius 2 is 1.56 bits per heavy atom. The quantitative estimate of drug-likeness (QED) is 0.397. The lowest BCUT2D eigenvalue weighted by atomic mass is 10.1. The average molecular weight is 382 g/mol. The van der Waals surface area contributed by atoms with Crippen molar-refractivity contribution < 1.29 is 9.59 Å². The highest BCUT2D eigenvalue weighted by Crippen LogP contribution is 2.25. The number of nitrogens with two attached hydrogens (primary N) is 1. The van der Waals surface area contributed by atoms with E-state index in [2.05, 4.69) is 15.6 Å². The fourth-order valence-electron chi connectivity index (χ4n) is 2.68. The van der Waals surface area contributed by atoms with Gasteiger partial charge in [-0.15, -0.1) is 0 Å². The van der Waals surface area contributed by atoms with Crippen LogP contribution in [0, 0.1) is 0 Å². The first kappa shape index (κ1) is 18.8. The van der Waals surface area contributed by atoms with Crippen molar-refractivity contribution in [3.05, 3.63) is 48.5 Å². The number of fused-ring (bicyclic) bond motifs is 1. The molecule has 2 aromatic carbocycles. The highest BCUT2D eigenvalue weighted by molar-refractivity contribution is 7.22. The van der Waals surface area contributed by atoms with Gasteiger partial charge in [-0.05, 0) is 37.1 Å². The number of aromatic nitrogens is 1. The average Bonchev–Trinajstić information content (AvgIpc) is 3.05. The van der Waals surface area contributed by atoms with Crippen LogP contribution in [0.3, 0.4) is 0 Å². The molecule has 1 aromatic heterocycles. The van der Waals surface area contributed by atoms with E-state index in [1.807, 2.05) is 36.4 Å². The maximum Gasteiger partial charge on any atom is 0.226 e. The SMILES string of the molecule is Nc1ccccc1NC(=O)CCCCCC(=O)Nc1nc2ccccc2s1. The Morgan fingerprint density at radius 3 is 2.30 bits per heavy atom. The number of nitrogen functional groups attached to an aromatic ring is 1. The maximum absolute atomic E-state index is 12.0. The highest BCUT2D eigenvalue weighted by atomic mass is 32.1. The van der Waals surface area contributed by atoms with Crippen LogP contribution >= 0.6 is 11.3 Å². The molecular weight excluding hydrogens is 360 g/mol. The van der Waals surface area contributed by atoms with Crippen LogP contribution in [0.4, 0.5) is 16.5 Å². The number of para-hydroxylation sites is 3. The molecule has 140 valence electrons. The van der Waals surface area contributed by atoms with Gasteiger partial charge in [0.2, 0.25) is 11.8 Å². The van der Waals surface area contributed by atoms with Crippen molar-refractivity contribution in [2.45, 2.75) is 32.1 Å². The van der Waals surface area contributed by atoms with Crippen LogP contribution < -0.4 is 16.4 Å². The fraction of sp³-hybridized carbons (Fsp3) is 0.250. The van der Waals surface area contributed by atoms with Crippen molar-refractivity contribution in [3.8, 4) is 0 Å². The molecule has 27 heavy (non-hydrogen) atoms. The molecule has 0 radical (unpaired) electrons. The molecule has 3 rings (SSSR count). The molecule has 2 amide bonds. The van der Waals surface area contributed by atoms with E-state index in [0.29, 0.717) is 29.3 Å². The molecule has 0 aliphatic carbocycles. The second-order valence-electron chi connectivity index (χ2n) is 6.23. The lowest BCUT2D eigenvalue weighted by Crippen LogP contribution is -2.13. The number of hydrogen-bond donors (Lipinski definition) is 3. The van der Waals surface area contributed by atoms with Crippen LogP contribution in [0.1, 0.15) is 32.1 Å². The molecule has 0 saturated heterocycles. The van der Waals surface area contributed by atoms with Crippen LogP contribution in [-0.2, 0) is 9.59 Å². The van der Waals surface area contributed by atoms with Crippen LogP contribution in [0.25, 0.3) is 10.2 Å². The minimum atomic E-state index is -0.0631. The number of amides is 2. The number of nitrogens with zero attached hydrogens (tertiary/aromatic N) is 1. The van der Waals surface area contributed by atoms with Crippen molar-refractivity contribution in [2.24, 2.45) is 0 Å². The molecule has 3 aromatic rings. The monoisotopic (exact) mass is 382 g/mol. The Kier molecular flexibility index (Phi) is 6.38. The van der Waals surface area contributed by atoms with Crippen LogP contribution in [-0.4, -0.2) is 16.8 Å². The number of hydrogen-bond acceptors (Lipinski definition) is 5. The highest BCUT2D eigenvalue weighted by Gasteiger charge is 2.08. The number of thiazole rings is 1. The molecule has 0 atom stereocenters. The topological polar surface area (TPSA) is 97.1 Å².